The van der Waals surface area contributed by atoms with Gasteiger partial charge in [-0.3, -0.25) is 14.5 Å². The molecule has 0 saturated carbocycles. The lowest BCUT2D eigenvalue weighted by atomic mass is 9.94. The van der Waals surface area contributed by atoms with Crippen molar-refractivity contribution in [2.75, 3.05) is 4.90 Å². The third-order valence-corrected chi connectivity index (χ3v) is 5.93. The van der Waals surface area contributed by atoms with Gasteiger partial charge in [0.15, 0.2) is 0 Å². The van der Waals surface area contributed by atoms with E-state index in [9.17, 15) is 19.1 Å². The molecule has 6 nitrogen and oxygen atoms in total. The van der Waals surface area contributed by atoms with Crippen molar-refractivity contribution in [3.63, 3.8) is 0 Å². The number of carbonyl (C=O) groups is 2. The van der Waals surface area contributed by atoms with Crippen LogP contribution in [-0.2, 0) is 9.59 Å². The van der Waals surface area contributed by atoms with E-state index in [1.54, 1.807) is 36.5 Å². The average molecular weight is 471 g/mol. The second-order valence-electron chi connectivity index (χ2n) is 8.63. The average Bonchev–Trinajstić information content (AvgIpc) is 3.37. The Morgan fingerprint density at radius 2 is 1.80 bits per heavy atom. The van der Waals surface area contributed by atoms with E-state index in [2.05, 4.69) is 4.98 Å². The van der Waals surface area contributed by atoms with E-state index in [4.69, 9.17) is 4.74 Å². The minimum Gasteiger partial charge on any atom is -0.507 e. The number of nitrogens with zero attached hydrogens (tertiary/aromatic N) is 1. The zero-order chi connectivity index (χ0) is 24.7. The van der Waals surface area contributed by atoms with E-state index in [1.165, 1.54) is 23.1 Å². The van der Waals surface area contributed by atoms with Gasteiger partial charge < -0.3 is 14.8 Å². The van der Waals surface area contributed by atoms with Gasteiger partial charge in [0.2, 0.25) is 0 Å². The number of hydrogen-bond donors (Lipinski definition) is 2. The molecule has 4 aromatic rings. The van der Waals surface area contributed by atoms with Gasteiger partial charge in [-0.25, -0.2) is 4.39 Å². The number of Topliss-reactive ketones (excluding diaryl/α,β-unsaturated/α-hetero) is 1. The lowest BCUT2D eigenvalue weighted by Crippen LogP contribution is -2.29. The van der Waals surface area contributed by atoms with Gasteiger partial charge in [-0.2, -0.15) is 0 Å². The van der Waals surface area contributed by atoms with Crippen LogP contribution in [0.15, 0.2) is 84.6 Å². The van der Waals surface area contributed by atoms with E-state index in [-0.39, 0.29) is 23.1 Å². The molecule has 1 aliphatic rings. The fraction of sp³-hybridized carbons (Fsp3) is 0.143. The summed E-state index contributed by atoms with van der Waals surface area (Å²) >= 11 is 0. The molecule has 1 unspecified atom stereocenters. The Bertz CT molecular complexity index is 1490. The predicted molar refractivity (Wildman–Crippen MR) is 132 cm³/mol. The number of amides is 1. The van der Waals surface area contributed by atoms with Crippen LogP contribution in [0.3, 0.4) is 0 Å². The minimum atomic E-state index is -0.970. The molecular weight excluding hydrogens is 447 g/mol. The Hall–Kier alpha value is -4.39. The first kappa shape index (κ1) is 22.4. The molecule has 1 fully saturated rings. The smallest absolute Gasteiger partial charge is 0.300 e. The first-order valence-corrected chi connectivity index (χ1v) is 11.2. The third-order valence-electron chi connectivity index (χ3n) is 5.93. The number of benzene rings is 3. The summed E-state index contributed by atoms with van der Waals surface area (Å²) in [5.74, 6) is -2.04. The number of aromatic amines is 1. The molecule has 2 heterocycles. The Kier molecular flexibility index (Phi) is 5.61. The van der Waals surface area contributed by atoms with Gasteiger partial charge in [0.1, 0.15) is 17.3 Å². The zero-order valence-corrected chi connectivity index (χ0v) is 19.2. The highest BCUT2D eigenvalue weighted by Gasteiger charge is 2.47. The van der Waals surface area contributed by atoms with Crippen LogP contribution >= 0.6 is 0 Å². The molecule has 1 aromatic heterocycles. The van der Waals surface area contributed by atoms with Crippen LogP contribution in [0.5, 0.6) is 5.75 Å². The van der Waals surface area contributed by atoms with E-state index in [0.29, 0.717) is 16.9 Å². The quantitative estimate of drug-likeness (QED) is 0.222. The molecule has 7 heteroatoms. The zero-order valence-electron chi connectivity index (χ0n) is 19.2. The maximum absolute atomic E-state index is 14.1. The molecule has 1 amide bonds. The van der Waals surface area contributed by atoms with Crippen LogP contribution < -0.4 is 9.64 Å². The summed E-state index contributed by atoms with van der Waals surface area (Å²) in [6.45, 7) is 3.77. The van der Waals surface area contributed by atoms with Crippen LogP contribution in [0, 0.1) is 5.82 Å². The van der Waals surface area contributed by atoms with Crippen molar-refractivity contribution >= 4 is 34.0 Å². The molecule has 0 bridgehead atoms. The predicted octanol–water partition coefficient (Wildman–Crippen LogP) is 5.72. The molecular formula is C28H23FN2O4. The van der Waals surface area contributed by atoms with Crippen LogP contribution in [0.25, 0.3) is 16.7 Å². The van der Waals surface area contributed by atoms with Crippen molar-refractivity contribution in [2.24, 2.45) is 0 Å². The maximum atomic E-state index is 14.1. The van der Waals surface area contributed by atoms with Crippen LogP contribution in [0.1, 0.15) is 31.0 Å². The van der Waals surface area contributed by atoms with Crippen molar-refractivity contribution < 1.29 is 23.8 Å². The number of aromatic nitrogens is 1. The van der Waals surface area contributed by atoms with Crippen molar-refractivity contribution in [3.05, 3.63) is 102 Å². The highest BCUT2D eigenvalue weighted by molar-refractivity contribution is 6.51. The molecule has 1 saturated heterocycles. The van der Waals surface area contributed by atoms with E-state index < -0.39 is 23.5 Å². The molecule has 2 N–H and O–H groups in total. The summed E-state index contributed by atoms with van der Waals surface area (Å²) in [4.78, 5) is 31.0. The molecule has 1 atom stereocenters. The monoisotopic (exact) mass is 470 g/mol. The van der Waals surface area contributed by atoms with E-state index in [1.807, 2.05) is 38.1 Å². The molecule has 176 valence electrons. The van der Waals surface area contributed by atoms with Gasteiger partial charge in [-0.05, 0) is 50.2 Å². The van der Waals surface area contributed by atoms with Gasteiger partial charge in [0, 0.05) is 33.9 Å². The molecule has 0 radical (unpaired) electrons. The SMILES string of the molecule is CC(C)Oc1cccc(/C(O)=C2\C(=O)C(=O)N(c3cccc(F)c3)C2c2c[nH]c3ccccc23)c1. The summed E-state index contributed by atoms with van der Waals surface area (Å²) in [5.41, 5.74) is 1.90. The third kappa shape index (κ3) is 3.95. The molecule has 0 aliphatic carbocycles. The fourth-order valence-corrected chi connectivity index (χ4v) is 4.48. The second kappa shape index (κ2) is 8.76. The number of H-pyrrole nitrogens is 1. The number of ketones is 1. The standard InChI is InChI=1S/C28H23FN2O4/c1-16(2)35-20-10-5-7-17(13-20)26(32)24-25(22-15-30-23-12-4-3-11-21(22)23)31(28(34)27(24)33)19-9-6-8-18(29)14-19/h3-16,25,30,32H,1-2H3/b26-24+. The molecule has 35 heavy (non-hydrogen) atoms. The first-order valence-electron chi connectivity index (χ1n) is 11.2. The number of nitrogens with one attached hydrogen (secondary N) is 1. The van der Waals surface area contributed by atoms with Gasteiger partial charge in [0.25, 0.3) is 11.7 Å². The first-order chi connectivity index (χ1) is 16.8. The summed E-state index contributed by atoms with van der Waals surface area (Å²) < 4.78 is 19.9. The molecule has 1 aliphatic heterocycles. The van der Waals surface area contributed by atoms with E-state index >= 15 is 0 Å². The second-order valence-corrected chi connectivity index (χ2v) is 8.63. The highest BCUT2D eigenvalue weighted by Crippen LogP contribution is 2.44. The number of rotatable bonds is 5. The largest absolute Gasteiger partial charge is 0.507 e. The van der Waals surface area contributed by atoms with Crippen molar-refractivity contribution in [1.82, 2.24) is 4.98 Å². The number of fused-ring (bicyclic) bond motifs is 1. The summed E-state index contributed by atoms with van der Waals surface area (Å²) in [6.07, 6.45) is 1.62. The maximum Gasteiger partial charge on any atom is 0.300 e. The summed E-state index contributed by atoms with van der Waals surface area (Å²) in [5, 5.41) is 12.1. The number of halogens is 1. The normalized spacial score (nSPS) is 17.5. The molecule has 3 aromatic carbocycles. The number of para-hydroxylation sites is 1. The lowest BCUT2D eigenvalue weighted by molar-refractivity contribution is -0.132. The summed E-state index contributed by atoms with van der Waals surface area (Å²) in [7, 11) is 0. The number of aliphatic hydroxyl groups is 1. The van der Waals surface area contributed by atoms with Gasteiger partial charge in [0.05, 0.1) is 17.7 Å². The fourth-order valence-electron chi connectivity index (χ4n) is 4.48. The van der Waals surface area contributed by atoms with Crippen molar-refractivity contribution in [1.29, 1.82) is 0 Å². The Morgan fingerprint density at radius 1 is 1.03 bits per heavy atom. The number of ether oxygens (including phenoxy) is 1. The van der Waals surface area contributed by atoms with Crippen LogP contribution in [0.4, 0.5) is 10.1 Å². The molecule has 0 spiro atoms. The van der Waals surface area contributed by atoms with E-state index in [0.717, 1.165) is 10.9 Å². The Balaban J connectivity index is 1.74. The van der Waals surface area contributed by atoms with Crippen LogP contribution in [0.2, 0.25) is 0 Å². The lowest BCUT2D eigenvalue weighted by Gasteiger charge is -2.25. The number of anilines is 1. The Morgan fingerprint density at radius 3 is 2.57 bits per heavy atom. The Labute approximate surface area is 201 Å². The summed E-state index contributed by atoms with van der Waals surface area (Å²) in [6, 6.07) is 18.7. The van der Waals surface area contributed by atoms with Crippen molar-refractivity contribution in [3.8, 4) is 5.75 Å². The topological polar surface area (TPSA) is 82.6 Å². The number of aliphatic hydroxyl groups excluding tert-OH is 1. The minimum absolute atomic E-state index is 0.0780. The van der Waals surface area contributed by atoms with Gasteiger partial charge >= 0.3 is 0 Å². The number of hydrogen-bond acceptors (Lipinski definition) is 4. The molecule has 5 rings (SSSR count). The highest BCUT2D eigenvalue weighted by atomic mass is 19.1. The van der Waals surface area contributed by atoms with Gasteiger partial charge in [-0.1, -0.05) is 36.4 Å². The van der Waals surface area contributed by atoms with Crippen LogP contribution in [-0.4, -0.2) is 27.9 Å². The number of carbonyl (C=O) groups excluding carboxylic acids is 2. The van der Waals surface area contributed by atoms with Gasteiger partial charge in [-0.15, -0.1) is 0 Å². The van der Waals surface area contributed by atoms with Crippen molar-refractivity contribution in [2.45, 2.75) is 26.0 Å².